The minimum atomic E-state index is -0.467. The second-order valence-corrected chi connectivity index (χ2v) is 6.47. The monoisotopic (exact) mass is 276 g/mol. The molecule has 108 valence electrons. The molecule has 20 heavy (non-hydrogen) atoms. The first-order valence-corrected chi connectivity index (χ1v) is 6.95. The van der Waals surface area contributed by atoms with Crippen LogP contribution in [0.15, 0.2) is 18.5 Å². The predicted octanol–water partition coefficient (Wildman–Crippen LogP) is 2.45. The van der Waals surface area contributed by atoms with Gasteiger partial charge in [0.1, 0.15) is 11.2 Å². The highest BCUT2D eigenvalue weighted by atomic mass is 16.6. The van der Waals surface area contributed by atoms with E-state index in [-0.39, 0.29) is 11.7 Å². The van der Waals surface area contributed by atoms with Crippen LogP contribution in [0.4, 0.5) is 4.79 Å². The third kappa shape index (κ3) is 2.26. The number of aromatic nitrogens is 1. The van der Waals surface area contributed by atoms with E-state index in [1.807, 2.05) is 33.0 Å². The number of pyridine rings is 1. The van der Waals surface area contributed by atoms with Crippen LogP contribution >= 0.6 is 0 Å². The molecular weight excluding hydrogens is 256 g/mol. The van der Waals surface area contributed by atoms with Gasteiger partial charge in [-0.2, -0.15) is 0 Å². The summed E-state index contributed by atoms with van der Waals surface area (Å²) in [7, 11) is 0. The Morgan fingerprint density at radius 1 is 1.50 bits per heavy atom. The third-order valence-electron chi connectivity index (χ3n) is 3.78. The van der Waals surface area contributed by atoms with E-state index < -0.39 is 5.60 Å². The van der Waals surface area contributed by atoms with E-state index >= 15 is 0 Å². The van der Waals surface area contributed by atoms with Gasteiger partial charge < -0.3 is 14.4 Å². The summed E-state index contributed by atoms with van der Waals surface area (Å²) in [5.41, 5.74) is 1.46. The van der Waals surface area contributed by atoms with Crippen molar-refractivity contribution < 1.29 is 14.3 Å². The Kier molecular flexibility index (Phi) is 2.97. The van der Waals surface area contributed by atoms with Crippen molar-refractivity contribution >= 4 is 6.09 Å². The molecule has 0 saturated carbocycles. The van der Waals surface area contributed by atoms with Gasteiger partial charge in [0.25, 0.3) is 0 Å². The molecule has 0 aliphatic carbocycles. The molecule has 1 spiro atoms. The van der Waals surface area contributed by atoms with Crippen LogP contribution in [0.3, 0.4) is 0 Å². The first kappa shape index (κ1) is 13.4. The molecule has 3 rings (SSSR count). The Morgan fingerprint density at radius 2 is 2.30 bits per heavy atom. The summed E-state index contributed by atoms with van der Waals surface area (Å²) in [6.45, 7) is 7.43. The maximum atomic E-state index is 12.1. The van der Waals surface area contributed by atoms with Gasteiger partial charge >= 0.3 is 6.09 Å². The van der Waals surface area contributed by atoms with Crippen molar-refractivity contribution in [3.8, 4) is 0 Å². The largest absolute Gasteiger partial charge is 0.444 e. The minimum absolute atomic E-state index is 0.263. The molecule has 5 nitrogen and oxygen atoms in total. The second-order valence-electron chi connectivity index (χ2n) is 6.47. The van der Waals surface area contributed by atoms with Gasteiger partial charge in [-0.05, 0) is 32.4 Å². The zero-order valence-electron chi connectivity index (χ0n) is 12.2. The molecule has 1 amide bonds. The smallest absolute Gasteiger partial charge is 0.410 e. The zero-order valence-corrected chi connectivity index (χ0v) is 12.2. The summed E-state index contributed by atoms with van der Waals surface area (Å²) in [4.78, 5) is 18.0. The summed E-state index contributed by atoms with van der Waals surface area (Å²) < 4.78 is 11.4. The second kappa shape index (κ2) is 4.45. The molecule has 2 aliphatic heterocycles. The van der Waals surface area contributed by atoms with E-state index in [0.717, 1.165) is 12.0 Å². The zero-order chi connectivity index (χ0) is 14.4. The molecule has 1 aromatic heterocycles. The van der Waals surface area contributed by atoms with E-state index in [9.17, 15) is 4.79 Å². The quantitative estimate of drug-likeness (QED) is 0.730. The first-order chi connectivity index (χ1) is 9.40. The van der Waals surface area contributed by atoms with Gasteiger partial charge in [0.2, 0.25) is 0 Å². The standard InChI is InChI=1S/C15H20N2O3/c1-14(2,3)20-13(18)17-7-5-15(10-17)12-4-6-16-8-11(12)9-19-15/h4,6,8H,5,7,9-10H2,1-3H3. The van der Waals surface area contributed by atoms with Gasteiger partial charge in [-0.3, -0.25) is 4.98 Å². The van der Waals surface area contributed by atoms with E-state index in [1.54, 1.807) is 11.1 Å². The van der Waals surface area contributed by atoms with E-state index in [1.165, 1.54) is 5.56 Å². The van der Waals surface area contributed by atoms with Crippen LogP contribution in [0, 0.1) is 0 Å². The number of ether oxygens (including phenoxy) is 2. The molecule has 1 atom stereocenters. The van der Waals surface area contributed by atoms with Gasteiger partial charge in [0.15, 0.2) is 0 Å². The lowest BCUT2D eigenvalue weighted by atomic mass is 9.93. The number of nitrogens with zero attached hydrogens (tertiary/aromatic N) is 2. The van der Waals surface area contributed by atoms with Crippen molar-refractivity contribution in [2.45, 2.75) is 45.0 Å². The van der Waals surface area contributed by atoms with Crippen LogP contribution in [0.1, 0.15) is 38.3 Å². The van der Waals surface area contributed by atoms with E-state index in [2.05, 4.69) is 4.98 Å². The summed E-state index contributed by atoms with van der Waals surface area (Å²) in [5.74, 6) is 0. The average molecular weight is 276 g/mol. The number of hydrogen-bond acceptors (Lipinski definition) is 4. The van der Waals surface area contributed by atoms with Crippen molar-refractivity contribution in [2.24, 2.45) is 0 Å². The number of hydrogen-bond donors (Lipinski definition) is 0. The Labute approximate surface area is 118 Å². The van der Waals surface area contributed by atoms with Crippen molar-refractivity contribution in [3.63, 3.8) is 0 Å². The number of fused-ring (bicyclic) bond motifs is 2. The van der Waals surface area contributed by atoms with Crippen LogP contribution in [-0.4, -0.2) is 34.7 Å². The Bertz CT molecular complexity index is 538. The van der Waals surface area contributed by atoms with Crippen LogP contribution in [0.2, 0.25) is 0 Å². The number of rotatable bonds is 0. The number of carbonyl (C=O) groups excluding carboxylic acids is 1. The lowest BCUT2D eigenvalue weighted by Crippen LogP contribution is -2.38. The first-order valence-electron chi connectivity index (χ1n) is 6.95. The summed E-state index contributed by atoms with van der Waals surface area (Å²) in [6, 6.07) is 2.00. The van der Waals surface area contributed by atoms with Crippen molar-refractivity contribution in [2.75, 3.05) is 13.1 Å². The van der Waals surface area contributed by atoms with Gasteiger partial charge in [0, 0.05) is 30.9 Å². The lowest BCUT2D eigenvalue weighted by Gasteiger charge is -2.27. The normalized spacial score (nSPS) is 25.1. The molecule has 1 fully saturated rings. The molecule has 5 heteroatoms. The summed E-state index contributed by atoms with van der Waals surface area (Å²) in [5, 5.41) is 0. The molecule has 0 bridgehead atoms. The number of carbonyl (C=O) groups is 1. The molecule has 0 N–H and O–H groups in total. The number of amides is 1. The summed E-state index contributed by atoms with van der Waals surface area (Å²) >= 11 is 0. The molecule has 2 aliphatic rings. The molecule has 0 aromatic carbocycles. The topological polar surface area (TPSA) is 51.7 Å². The minimum Gasteiger partial charge on any atom is -0.444 e. The SMILES string of the molecule is CC(C)(C)OC(=O)N1CCC2(C1)OCc1cnccc12. The molecule has 3 heterocycles. The van der Waals surface area contributed by atoms with Gasteiger partial charge in [-0.1, -0.05) is 0 Å². The Morgan fingerprint density at radius 3 is 3.05 bits per heavy atom. The van der Waals surface area contributed by atoms with Crippen LogP contribution in [0.5, 0.6) is 0 Å². The average Bonchev–Trinajstić information content (AvgIpc) is 2.95. The van der Waals surface area contributed by atoms with Crippen LogP contribution in [0.25, 0.3) is 0 Å². The van der Waals surface area contributed by atoms with Crippen molar-refractivity contribution in [3.05, 3.63) is 29.6 Å². The van der Waals surface area contributed by atoms with Crippen LogP contribution in [-0.2, 0) is 21.7 Å². The maximum absolute atomic E-state index is 12.1. The van der Waals surface area contributed by atoms with Gasteiger partial charge in [0.05, 0.1) is 13.2 Å². The van der Waals surface area contributed by atoms with Gasteiger partial charge in [-0.15, -0.1) is 0 Å². The predicted molar refractivity (Wildman–Crippen MR) is 73.1 cm³/mol. The molecular formula is C15H20N2O3. The van der Waals surface area contributed by atoms with E-state index in [4.69, 9.17) is 9.47 Å². The lowest BCUT2D eigenvalue weighted by molar-refractivity contribution is -0.0327. The van der Waals surface area contributed by atoms with E-state index in [0.29, 0.717) is 19.7 Å². The maximum Gasteiger partial charge on any atom is 0.410 e. The van der Waals surface area contributed by atoms with Crippen molar-refractivity contribution in [1.82, 2.24) is 9.88 Å². The number of likely N-dealkylation sites (tertiary alicyclic amines) is 1. The molecule has 0 radical (unpaired) electrons. The van der Waals surface area contributed by atoms with Gasteiger partial charge in [-0.25, -0.2) is 4.79 Å². The Balaban J connectivity index is 1.76. The molecule has 1 saturated heterocycles. The Hall–Kier alpha value is -1.62. The summed E-state index contributed by atoms with van der Waals surface area (Å²) in [6.07, 6.45) is 4.18. The van der Waals surface area contributed by atoms with Crippen molar-refractivity contribution in [1.29, 1.82) is 0 Å². The fourth-order valence-electron chi connectivity index (χ4n) is 2.88. The highest BCUT2D eigenvalue weighted by Gasteiger charge is 2.47. The molecule has 1 unspecified atom stereocenters. The third-order valence-corrected chi connectivity index (χ3v) is 3.78. The molecule has 1 aromatic rings. The van der Waals surface area contributed by atoms with Crippen LogP contribution < -0.4 is 0 Å². The fraction of sp³-hybridized carbons (Fsp3) is 0.600. The fourth-order valence-corrected chi connectivity index (χ4v) is 2.88. The highest BCUT2D eigenvalue weighted by molar-refractivity contribution is 5.69. The highest BCUT2D eigenvalue weighted by Crippen LogP contribution is 2.43.